The Morgan fingerprint density at radius 1 is 1.03 bits per heavy atom. The van der Waals surface area contributed by atoms with Gasteiger partial charge in [-0.2, -0.15) is 5.10 Å². The number of rotatable bonds is 10. The summed E-state index contributed by atoms with van der Waals surface area (Å²) in [5.41, 5.74) is 3.03. The first-order valence-electron chi connectivity index (χ1n) is 12.1. The molecule has 2 aromatic heterocycles. The lowest BCUT2D eigenvalue weighted by Gasteiger charge is -2.26. The minimum absolute atomic E-state index is 0.697. The van der Waals surface area contributed by atoms with Crippen LogP contribution >= 0.6 is 11.8 Å². The summed E-state index contributed by atoms with van der Waals surface area (Å²) in [4.78, 5) is 13.1. The number of nitrogens with one attached hydrogen (secondary N) is 3. The van der Waals surface area contributed by atoms with E-state index < -0.39 is 0 Å². The number of ether oxygens (including phenoxy) is 1. The molecule has 1 aliphatic heterocycles. The van der Waals surface area contributed by atoms with Gasteiger partial charge in [-0.3, -0.25) is 10.00 Å². The zero-order valence-corrected chi connectivity index (χ0v) is 20.8. The zero-order valence-electron chi connectivity index (χ0n) is 20.0. The molecule has 0 radical (unpaired) electrons. The van der Waals surface area contributed by atoms with Crippen molar-refractivity contribution in [2.24, 2.45) is 0 Å². The number of nitrogens with zero attached hydrogens (tertiary/aromatic N) is 4. The monoisotopic (exact) mass is 489 g/mol. The number of morpholine rings is 1. The number of para-hydroxylation sites is 1. The Morgan fingerprint density at radius 3 is 2.66 bits per heavy atom. The van der Waals surface area contributed by atoms with Crippen LogP contribution in [-0.4, -0.2) is 64.5 Å². The van der Waals surface area contributed by atoms with E-state index >= 15 is 0 Å². The summed E-state index contributed by atoms with van der Waals surface area (Å²) in [7, 11) is 0. The van der Waals surface area contributed by atoms with E-state index in [2.05, 4.69) is 50.0 Å². The van der Waals surface area contributed by atoms with Crippen LogP contribution in [-0.2, 0) is 4.74 Å². The molecule has 0 aliphatic carbocycles. The molecule has 35 heavy (non-hydrogen) atoms. The normalized spacial score (nSPS) is 14.3. The summed E-state index contributed by atoms with van der Waals surface area (Å²) in [6.45, 7) is 7.97. The topological polar surface area (TPSA) is 91.0 Å². The highest BCUT2D eigenvalue weighted by Gasteiger charge is 2.11. The van der Waals surface area contributed by atoms with Crippen molar-refractivity contribution in [2.75, 3.05) is 50.0 Å². The standard InChI is InChI=1S/C26H31N7OS/c1-19-18-24(32-31-19)29-25-22-6-2-3-7-23(22)28-26(30-25)35-21-10-8-20(9-11-21)27-12-4-5-13-33-14-16-34-17-15-33/h2-3,6-11,18,27H,4-5,12-17H2,1H3,(H2,28,29,30,31,32). The Morgan fingerprint density at radius 2 is 1.86 bits per heavy atom. The molecule has 182 valence electrons. The number of aryl methyl sites for hydroxylation is 1. The first-order chi connectivity index (χ1) is 17.2. The fourth-order valence-corrected chi connectivity index (χ4v) is 4.83. The second-order valence-electron chi connectivity index (χ2n) is 8.65. The average molecular weight is 490 g/mol. The summed E-state index contributed by atoms with van der Waals surface area (Å²) >= 11 is 1.55. The van der Waals surface area contributed by atoms with E-state index in [0.29, 0.717) is 5.16 Å². The summed E-state index contributed by atoms with van der Waals surface area (Å²) in [5.74, 6) is 1.49. The molecular formula is C26H31N7OS. The van der Waals surface area contributed by atoms with Crippen LogP contribution in [0.15, 0.2) is 64.6 Å². The molecule has 0 bridgehead atoms. The second-order valence-corrected chi connectivity index (χ2v) is 9.69. The van der Waals surface area contributed by atoms with Gasteiger partial charge in [-0.15, -0.1) is 0 Å². The van der Waals surface area contributed by atoms with Crippen molar-refractivity contribution in [2.45, 2.75) is 29.8 Å². The van der Waals surface area contributed by atoms with Crippen molar-refractivity contribution in [1.82, 2.24) is 25.1 Å². The van der Waals surface area contributed by atoms with Gasteiger partial charge in [-0.05, 0) is 74.5 Å². The van der Waals surface area contributed by atoms with Gasteiger partial charge in [0, 0.05) is 47.4 Å². The number of unbranched alkanes of at least 4 members (excludes halogenated alkanes) is 1. The van der Waals surface area contributed by atoms with E-state index in [1.54, 1.807) is 11.8 Å². The molecule has 0 unspecified atom stereocenters. The van der Waals surface area contributed by atoms with Crippen LogP contribution in [0.2, 0.25) is 0 Å². The number of hydrogen-bond donors (Lipinski definition) is 3. The molecule has 0 amide bonds. The van der Waals surface area contributed by atoms with E-state index in [4.69, 9.17) is 14.7 Å². The molecule has 3 N–H and O–H groups in total. The molecule has 1 fully saturated rings. The highest BCUT2D eigenvalue weighted by molar-refractivity contribution is 7.99. The molecule has 4 aromatic rings. The fourth-order valence-electron chi connectivity index (χ4n) is 4.06. The molecule has 0 spiro atoms. The molecule has 8 nitrogen and oxygen atoms in total. The van der Waals surface area contributed by atoms with Crippen LogP contribution < -0.4 is 10.6 Å². The van der Waals surface area contributed by atoms with Crippen molar-refractivity contribution < 1.29 is 4.74 Å². The number of H-pyrrole nitrogens is 1. The maximum atomic E-state index is 5.41. The van der Waals surface area contributed by atoms with Gasteiger partial charge in [0.25, 0.3) is 0 Å². The van der Waals surface area contributed by atoms with Gasteiger partial charge in [0.05, 0.1) is 18.7 Å². The number of aromatic amines is 1. The first-order valence-corrected chi connectivity index (χ1v) is 12.9. The summed E-state index contributed by atoms with van der Waals surface area (Å²) < 4.78 is 5.41. The molecule has 0 saturated carbocycles. The average Bonchev–Trinajstić information content (AvgIpc) is 3.30. The van der Waals surface area contributed by atoms with Gasteiger partial charge in [-0.1, -0.05) is 12.1 Å². The smallest absolute Gasteiger partial charge is 0.195 e. The third kappa shape index (κ3) is 6.50. The molecule has 2 aromatic carbocycles. The Bertz CT molecular complexity index is 1240. The van der Waals surface area contributed by atoms with Gasteiger partial charge >= 0.3 is 0 Å². The van der Waals surface area contributed by atoms with Gasteiger partial charge in [-0.25, -0.2) is 9.97 Å². The molecule has 3 heterocycles. The molecule has 9 heteroatoms. The highest BCUT2D eigenvalue weighted by Crippen LogP contribution is 2.31. The second kappa shape index (κ2) is 11.5. The van der Waals surface area contributed by atoms with Crippen molar-refractivity contribution in [3.05, 3.63) is 60.3 Å². The maximum absolute atomic E-state index is 5.41. The number of fused-ring (bicyclic) bond motifs is 1. The maximum Gasteiger partial charge on any atom is 0.195 e. The lowest BCUT2D eigenvalue weighted by Crippen LogP contribution is -2.36. The quantitative estimate of drug-likeness (QED) is 0.210. The van der Waals surface area contributed by atoms with Crippen molar-refractivity contribution >= 4 is 40.0 Å². The predicted molar refractivity (Wildman–Crippen MR) is 142 cm³/mol. The fraction of sp³-hybridized carbons (Fsp3) is 0.346. The van der Waals surface area contributed by atoms with Crippen molar-refractivity contribution in [1.29, 1.82) is 0 Å². The largest absolute Gasteiger partial charge is 0.385 e. The summed E-state index contributed by atoms with van der Waals surface area (Å²) in [6.07, 6.45) is 2.36. The lowest BCUT2D eigenvalue weighted by molar-refractivity contribution is 0.0373. The number of hydrogen-bond acceptors (Lipinski definition) is 8. The number of anilines is 3. The van der Waals surface area contributed by atoms with Crippen LogP contribution in [0, 0.1) is 6.92 Å². The van der Waals surface area contributed by atoms with E-state index in [-0.39, 0.29) is 0 Å². The van der Waals surface area contributed by atoms with E-state index in [1.165, 1.54) is 6.42 Å². The first kappa shape index (κ1) is 23.6. The number of benzene rings is 2. The van der Waals surface area contributed by atoms with Gasteiger partial charge in [0.1, 0.15) is 5.82 Å². The summed E-state index contributed by atoms with van der Waals surface area (Å²) in [6, 6.07) is 18.4. The zero-order chi connectivity index (χ0) is 23.9. The molecule has 0 atom stereocenters. The SMILES string of the molecule is Cc1cc(Nc2nc(Sc3ccc(NCCCCN4CCOCC4)cc3)nc3ccccc23)n[nH]1. The van der Waals surface area contributed by atoms with E-state index in [9.17, 15) is 0 Å². The van der Waals surface area contributed by atoms with Crippen LogP contribution in [0.5, 0.6) is 0 Å². The van der Waals surface area contributed by atoms with Gasteiger partial charge in [0.2, 0.25) is 0 Å². The Labute approximate surface area is 209 Å². The highest BCUT2D eigenvalue weighted by atomic mass is 32.2. The van der Waals surface area contributed by atoms with Crippen LogP contribution in [0.25, 0.3) is 10.9 Å². The minimum Gasteiger partial charge on any atom is -0.385 e. The molecule has 5 rings (SSSR count). The van der Waals surface area contributed by atoms with Crippen LogP contribution in [0.3, 0.4) is 0 Å². The predicted octanol–water partition coefficient (Wildman–Crippen LogP) is 5.08. The Balaban J connectivity index is 1.18. The minimum atomic E-state index is 0.697. The van der Waals surface area contributed by atoms with E-state index in [1.807, 2.05) is 37.3 Å². The molecular weight excluding hydrogens is 458 g/mol. The Kier molecular flexibility index (Phi) is 7.77. The van der Waals surface area contributed by atoms with Crippen molar-refractivity contribution in [3.8, 4) is 0 Å². The third-order valence-corrected chi connectivity index (χ3v) is 6.81. The summed E-state index contributed by atoms with van der Waals surface area (Å²) in [5, 5.41) is 15.8. The number of aromatic nitrogens is 4. The van der Waals surface area contributed by atoms with Gasteiger partial charge in [0.15, 0.2) is 11.0 Å². The van der Waals surface area contributed by atoms with E-state index in [0.717, 1.165) is 84.6 Å². The van der Waals surface area contributed by atoms with Crippen molar-refractivity contribution in [3.63, 3.8) is 0 Å². The molecule has 1 saturated heterocycles. The van der Waals surface area contributed by atoms with Gasteiger partial charge < -0.3 is 15.4 Å². The van der Waals surface area contributed by atoms with Crippen LogP contribution in [0.1, 0.15) is 18.5 Å². The third-order valence-electron chi connectivity index (χ3n) is 5.93. The Hall–Kier alpha value is -3.14. The lowest BCUT2D eigenvalue weighted by atomic mass is 10.2. The molecule has 1 aliphatic rings. The van der Waals surface area contributed by atoms with Crippen LogP contribution in [0.4, 0.5) is 17.3 Å².